The number of amides is 2. The van der Waals surface area contributed by atoms with Crippen LogP contribution in [0.1, 0.15) is 62.8 Å². The lowest BCUT2D eigenvalue weighted by Gasteiger charge is -2.35. The van der Waals surface area contributed by atoms with E-state index in [2.05, 4.69) is 19.2 Å². The van der Waals surface area contributed by atoms with Gasteiger partial charge in [0.25, 0.3) is 10.0 Å². The van der Waals surface area contributed by atoms with E-state index in [1.807, 2.05) is 76.2 Å². The zero-order chi connectivity index (χ0) is 34.4. The summed E-state index contributed by atoms with van der Waals surface area (Å²) in [6.45, 7) is 11.2. The van der Waals surface area contributed by atoms with Crippen molar-refractivity contribution >= 4 is 39.1 Å². The van der Waals surface area contributed by atoms with Crippen LogP contribution < -0.4 is 9.62 Å². The highest BCUT2D eigenvalue weighted by atomic mass is 35.5. The molecule has 0 bridgehead atoms. The normalized spacial score (nSPS) is 12.4. The number of hydrogen-bond donors (Lipinski definition) is 1. The van der Waals surface area contributed by atoms with Crippen LogP contribution in [0.3, 0.4) is 0 Å². The molecule has 1 N–H and O–H groups in total. The molecule has 4 rings (SSSR count). The zero-order valence-corrected chi connectivity index (χ0v) is 29.5. The summed E-state index contributed by atoms with van der Waals surface area (Å²) in [5.41, 5.74) is 3.30. The van der Waals surface area contributed by atoms with Gasteiger partial charge in [-0.3, -0.25) is 13.9 Å². The monoisotopic (exact) mass is 673 g/mol. The maximum absolute atomic E-state index is 14.6. The number of carbonyl (C=O) groups is 2. The molecule has 47 heavy (non-hydrogen) atoms. The standard InChI is InChI=1S/C38H44ClN3O4S/c1-27(2)31-17-19-33(20-18-31)42(47(45,46)34-21-15-28(3)16-22-34)26-36(43)41(25-30-13-10-14-32(39)23-30)35(37(44)40-38(4,5)6)24-29-11-8-7-9-12-29/h7-23,27,35H,24-26H2,1-6H3,(H,40,44)/t35-/m0/s1. The van der Waals surface area contributed by atoms with Crippen LogP contribution in [0.4, 0.5) is 5.69 Å². The second-order valence-corrected chi connectivity index (χ2v) is 15.5. The molecule has 4 aromatic carbocycles. The number of aryl methyl sites for hydroxylation is 1. The first kappa shape index (κ1) is 35.7. The van der Waals surface area contributed by atoms with Crippen molar-refractivity contribution in [1.82, 2.24) is 10.2 Å². The summed E-state index contributed by atoms with van der Waals surface area (Å²) in [6, 6.07) is 29.4. The number of rotatable bonds is 12. The topological polar surface area (TPSA) is 86.8 Å². The molecule has 0 aliphatic heterocycles. The number of benzene rings is 4. The molecular formula is C38H44ClN3O4S. The van der Waals surface area contributed by atoms with Gasteiger partial charge >= 0.3 is 0 Å². The van der Waals surface area contributed by atoms with Gasteiger partial charge in [-0.25, -0.2) is 8.42 Å². The first-order valence-electron chi connectivity index (χ1n) is 15.7. The number of halogens is 1. The quantitative estimate of drug-likeness (QED) is 0.169. The van der Waals surface area contributed by atoms with Gasteiger partial charge in [-0.05, 0) is 86.7 Å². The van der Waals surface area contributed by atoms with Crippen LogP contribution in [0.25, 0.3) is 0 Å². The largest absolute Gasteiger partial charge is 0.350 e. The van der Waals surface area contributed by atoms with Crippen molar-refractivity contribution in [3.63, 3.8) is 0 Å². The molecule has 0 aliphatic rings. The van der Waals surface area contributed by atoms with Crippen molar-refractivity contribution in [2.24, 2.45) is 0 Å². The fourth-order valence-electron chi connectivity index (χ4n) is 5.23. The minimum absolute atomic E-state index is 0.0408. The average molecular weight is 674 g/mol. The zero-order valence-electron chi connectivity index (χ0n) is 27.9. The van der Waals surface area contributed by atoms with E-state index in [4.69, 9.17) is 11.6 Å². The van der Waals surface area contributed by atoms with Crippen molar-refractivity contribution < 1.29 is 18.0 Å². The van der Waals surface area contributed by atoms with Crippen LogP contribution in [0, 0.1) is 6.92 Å². The molecule has 0 radical (unpaired) electrons. The van der Waals surface area contributed by atoms with Crippen molar-refractivity contribution in [1.29, 1.82) is 0 Å². The maximum Gasteiger partial charge on any atom is 0.264 e. The highest BCUT2D eigenvalue weighted by molar-refractivity contribution is 7.92. The summed E-state index contributed by atoms with van der Waals surface area (Å²) in [5, 5.41) is 3.53. The van der Waals surface area contributed by atoms with Crippen LogP contribution >= 0.6 is 11.6 Å². The van der Waals surface area contributed by atoms with Gasteiger partial charge in [-0.2, -0.15) is 0 Å². The Bertz CT molecular complexity index is 1770. The van der Waals surface area contributed by atoms with Crippen LogP contribution in [-0.4, -0.2) is 43.3 Å². The Hall–Kier alpha value is -4.14. The van der Waals surface area contributed by atoms with E-state index in [-0.39, 0.29) is 29.7 Å². The lowest BCUT2D eigenvalue weighted by Crippen LogP contribution is -2.56. The highest BCUT2D eigenvalue weighted by Gasteiger charge is 2.35. The Labute approximate surface area is 284 Å². The van der Waals surface area contributed by atoms with Gasteiger partial charge in [0.05, 0.1) is 10.6 Å². The van der Waals surface area contributed by atoms with E-state index in [0.717, 1.165) is 21.0 Å². The lowest BCUT2D eigenvalue weighted by atomic mass is 10.0. The van der Waals surface area contributed by atoms with Crippen LogP contribution in [-0.2, 0) is 32.6 Å². The maximum atomic E-state index is 14.6. The summed E-state index contributed by atoms with van der Waals surface area (Å²) in [7, 11) is -4.18. The smallest absolute Gasteiger partial charge is 0.264 e. The minimum atomic E-state index is -4.18. The fourth-order valence-corrected chi connectivity index (χ4v) is 6.86. The lowest BCUT2D eigenvalue weighted by molar-refractivity contribution is -0.140. The van der Waals surface area contributed by atoms with Crippen molar-refractivity contribution in [2.45, 2.75) is 76.9 Å². The van der Waals surface area contributed by atoms with Gasteiger partial charge in [0.1, 0.15) is 12.6 Å². The molecule has 0 saturated carbocycles. The predicted octanol–water partition coefficient (Wildman–Crippen LogP) is 7.52. The minimum Gasteiger partial charge on any atom is -0.350 e. The molecular weight excluding hydrogens is 630 g/mol. The third kappa shape index (κ3) is 9.69. The van der Waals surface area contributed by atoms with E-state index >= 15 is 0 Å². The summed E-state index contributed by atoms with van der Waals surface area (Å²) in [4.78, 5) is 30.2. The first-order chi connectivity index (χ1) is 22.1. The molecule has 2 amide bonds. The first-order valence-corrected chi connectivity index (χ1v) is 17.5. The van der Waals surface area contributed by atoms with Gasteiger partial charge in [0.15, 0.2) is 0 Å². The predicted molar refractivity (Wildman–Crippen MR) is 190 cm³/mol. The van der Waals surface area contributed by atoms with Crippen molar-refractivity contribution in [3.8, 4) is 0 Å². The van der Waals surface area contributed by atoms with Gasteiger partial charge in [-0.15, -0.1) is 0 Å². The summed E-state index contributed by atoms with van der Waals surface area (Å²) >= 11 is 6.33. The molecule has 0 aromatic heterocycles. The molecule has 248 valence electrons. The molecule has 4 aromatic rings. The van der Waals surface area contributed by atoms with Crippen LogP contribution in [0.5, 0.6) is 0 Å². The third-order valence-corrected chi connectivity index (χ3v) is 9.77. The number of sulfonamides is 1. The second-order valence-electron chi connectivity index (χ2n) is 13.2. The highest BCUT2D eigenvalue weighted by Crippen LogP contribution is 2.27. The van der Waals surface area contributed by atoms with Crippen LogP contribution in [0.2, 0.25) is 5.02 Å². The number of nitrogens with one attached hydrogen (secondary N) is 1. The molecule has 0 aliphatic carbocycles. The van der Waals surface area contributed by atoms with Gasteiger partial charge in [0, 0.05) is 23.5 Å². The Morgan fingerprint density at radius 2 is 1.45 bits per heavy atom. The Balaban J connectivity index is 1.83. The molecule has 1 atom stereocenters. The van der Waals surface area contributed by atoms with E-state index < -0.39 is 34.1 Å². The Kier molecular flexibility index (Phi) is 11.5. The van der Waals surface area contributed by atoms with Crippen LogP contribution in [0.15, 0.2) is 108 Å². The molecule has 7 nitrogen and oxygen atoms in total. The van der Waals surface area contributed by atoms with E-state index in [0.29, 0.717) is 16.3 Å². The molecule has 9 heteroatoms. The van der Waals surface area contributed by atoms with Crippen molar-refractivity contribution in [2.75, 3.05) is 10.8 Å². The summed E-state index contributed by atoms with van der Waals surface area (Å²) in [5.74, 6) is -0.634. The number of carbonyl (C=O) groups excluding carboxylic acids is 2. The number of nitrogens with zero attached hydrogens (tertiary/aromatic N) is 2. The van der Waals surface area contributed by atoms with Gasteiger partial charge in [0.2, 0.25) is 11.8 Å². The Morgan fingerprint density at radius 1 is 0.830 bits per heavy atom. The van der Waals surface area contributed by atoms with E-state index in [1.54, 1.807) is 54.6 Å². The van der Waals surface area contributed by atoms with Gasteiger partial charge in [-0.1, -0.05) is 97.7 Å². The van der Waals surface area contributed by atoms with Crippen molar-refractivity contribution in [3.05, 3.63) is 130 Å². The summed E-state index contributed by atoms with van der Waals surface area (Å²) in [6.07, 6.45) is 0.225. The van der Waals surface area contributed by atoms with Gasteiger partial charge < -0.3 is 10.2 Å². The number of anilines is 1. The molecule has 0 saturated heterocycles. The summed E-state index contributed by atoms with van der Waals surface area (Å²) < 4.78 is 29.7. The Morgan fingerprint density at radius 3 is 2.02 bits per heavy atom. The number of hydrogen-bond acceptors (Lipinski definition) is 4. The van der Waals surface area contributed by atoms with E-state index in [1.165, 1.54) is 4.90 Å². The molecule has 0 unspecified atom stereocenters. The molecule has 0 spiro atoms. The van der Waals surface area contributed by atoms with E-state index in [9.17, 15) is 18.0 Å². The third-order valence-electron chi connectivity index (χ3n) is 7.75. The molecule has 0 fully saturated rings. The average Bonchev–Trinajstić information content (AvgIpc) is 3.01. The molecule has 0 heterocycles. The second kappa shape index (κ2) is 15.2. The fraction of sp³-hybridized carbons (Fsp3) is 0.316. The SMILES string of the molecule is Cc1ccc(S(=O)(=O)N(CC(=O)N(Cc2cccc(Cl)c2)[C@@H](Cc2ccccc2)C(=O)NC(C)(C)C)c2ccc(C(C)C)cc2)cc1.